The fourth-order valence-electron chi connectivity index (χ4n) is 1.85. The topological polar surface area (TPSA) is 35.5 Å². The molecule has 0 aromatic carbocycles. The Labute approximate surface area is 101 Å². The summed E-state index contributed by atoms with van der Waals surface area (Å²) < 4.78 is 0. The van der Waals surface area contributed by atoms with Crippen LogP contribution in [0.15, 0.2) is 0 Å². The van der Waals surface area contributed by atoms with Crippen LogP contribution >= 0.6 is 0 Å². The Morgan fingerprint density at radius 2 is 1.69 bits per heavy atom. The maximum Gasteiger partial charge on any atom is 0.0446 e. The van der Waals surface area contributed by atoms with Crippen molar-refractivity contribution < 1.29 is 5.11 Å². The van der Waals surface area contributed by atoms with Gasteiger partial charge in [-0.2, -0.15) is 0 Å². The maximum absolute atomic E-state index is 8.97. The van der Waals surface area contributed by atoms with Crippen LogP contribution in [0.5, 0.6) is 0 Å². The van der Waals surface area contributed by atoms with E-state index in [9.17, 15) is 0 Å². The normalized spacial score (nSPS) is 13.3. The minimum Gasteiger partial charge on any atom is -0.396 e. The van der Waals surface area contributed by atoms with Crippen molar-refractivity contribution in [1.29, 1.82) is 0 Å². The van der Waals surface area contributed by atoms with E-state index in [1.165, 1.54) is 38.8 Å². The summed E-state index contributed by atoms with van der Waals surface area (Å²) in [5.41, 5.74) is 0. The van der Waals surface area contributed by atoms with Crippen molar-refractivity contribution in [2.24, 2.45) is 0 Å². The van der Waals surface area contributed by atoms with E-state index in [1.807, 2.05) is 7.05 Å². The molecule has 0 saturated carbocycles. The van der Waals surface area contributed by atoms with Gasteiger partial charge in [0.2, 0.25) is 0 Å². The average Bonchev–Trinajstić information content (AvgIpc) is 2.31. The monoisotopic (exact) mass is 230 g/mol. The first-order valence-electron chi connectivity index (χ1n) is 6.78. The van der Waals surface area contributed by atoms with Crippen molar-refractivity contribution in [1.82, 2.24) is 10.2 Å². The third-order valence-electron chi connectivity index (χ3n) is 3.02. The van der Waals surface area contributed by atoms with Gasteiger partial charge >= 0.3 is 0 Å². The summed E-state index contributed by atoms with van der Waals surface area (Å²) in [5, 5.41) is 12.3. The van der Waals surface area contributed by atoms with E-state index in [0.717, 1.165) is 13.0 Å². The van der Waals surface area contributed by atoms with Gasteiger partial charge in [0.05, 0.1) is 0 Å². The highest BCUT2D eigenvalue weighted by atomic mass is 16.3. The molecule has 0 aliphatic heterocycles. The van der Waals surface area contributed by atoms with Gasteiger partial charge in [0.15, 0.2) is 0 Å². The van der Waals surface area contributed by atoms with Gasteiger partial charge in [-0.3, -0.25) is 0 Å². The molecule has 0 bridgehead atoms. The summed E-state index contributed by atoms with van der Waals surface area (Å²) in [5.74, 6) is 0. The van der Waals surface area contributed by atoms with Crippen molar-refractivity contribution in [3.05, 3.63) is 0 Å². The van der Waals surface area contributed by atoms with Crippen molar-refractivity contribution in [2.45, 2.75) is 52.0 Å². The fraction of sp³-hybridized carbons (Fsp3) is 1.00. The number of nitrogens with one attached hydrogen (secondary N) is 1. The lowest BCUT2D eigenvalue weighted by Crippen LogP contribution is -2.41. The summed E-state index contributed by atoms with van der Waals surface area (Å²) in [4.78, 5) is 2.53. The smallest absolute Gasteiger partial charge is 0.0446 e. The van der Waals surface area contributed by atoms with Crippen molar-refractivity contribution in [3.8, 4) is 0 Å². The van der Waals surface area contributed by atoms with Gasteiger partial charge in [0.25, 0.3) is 0 Å². The first-order chi connectivity index (χ1) is 7.78. The Morgan fingerprint density at radius 1 is 1.12 bits per heavy atom. The largest absolute Gasteiger partial charge is 0.396 e. The standard InChI is InChI=1S/C13H30N2O/c1-4-6-9-15(10-7-5-2)12-13(14-3)8-11-16/h13-14,16H,4-12H2,1-3H3. The van der Waals surface area contributed by atoms with Crippen LogP contribution < -0.4 is 5.32 Å². The predicted molar refractivity (Wildman–Crippen MR) is 70.8 cm³/mol. The molecule has 0 aliphatic carbocycles. The molecule has 0 aliphatic rings. The molecule has 1 unspecified atom stereocenters. The minimum absolute atomic E-state index is 0.279. The maximum atomic E-state index is 8.97. The van der Waals surface area contributed by atoms with E-state index in [1.54, 1.807) is 0 Å². The van der Waals surface area contributed by atoms with E-state index in [4.69, 9.17) is 5.11 Å². The molecule has 0 fully saturated rings. The van der Waals surface area contributed by atoms with Crippen molar-refractivity contribution >= 4 is 0 Å². The van der Waals surface area contributed by atoms with Gasteiger partial charge in [-0.05, 0) is 39.4 Å². The summed E-state index contributed by atoms with van der Waals surface area (Å²) in [6, 6.07) is 0.429. The second-order valence-corrected chi connectivity index (χ2v) is 4.51. The lowest BCUT2D eigenvalue weighted by molar-refractivity contribution is 0.208. The molecular formula is C13H30N2O. The Bertz CT molecular complexity index is 134. The van der Waals surface area contributed by atoms with Gasteiger partial charge in [0, 0.05) is 19.2 Å². The number of rotatable bonds is 11. The third kappa shape index (κ3) is 8.08. The fourth-order valence-corrected chi connectivity index (χ4v) is 1.85. The summed E-state index contributed by atoms with van der Waals surface area (Å²) >= 11 is 0. The minimum atomic E-state index is 0.279. The molecule has 0 amide bonds. The highest BCUT2D eigenvalue weighted by Gasteiger charge is 2.11. The van der Waals surface area contributed by atoms with Crippen LogP contribution in [0.25, 0.3) is 0 Å². The van der Waals surface area contributed by atoms with Crippen LogP contribution in [0, 0.1) is 0 Å². The molecule has 0 saturated heterocycles. The van der Waals surface area contributed by atoms with E-state index in [-0.39, 0.29) is 6.61 Å². The number of nitrogens with zero attached hydrogens (tertiary/aromatic N) is 1. The molecule has 0 radical (unpaired) electrons. The van der Waals surface area contributed by atoms with Crippen LogP contribution in [0.1, 0.15) is 46.0 Å². The lowest BCUT2D eigenvalue weighted by Gasteiger charge is -2.27. The Hall–Kier alpha value is -0.120. The highest BCUT2D eigenvalue weighted by Crippen LogP contribution is 2.02. The number of unbranched alkanes of at least 4 members (excludes halogenated alkanes) is 2. The first-order valence-corrected chi connectivity index (χ1v) is 6.78. The molecule has 0 heterocycles. The van der Waals surface area contributed by atoms with Gasteiger partial charge < -0.3 is 15.3 Å². The summed E-state index contributed by atoms with van der Waals surface area (Å²) in [7, 11) is 1.98. The number of hydrogen-bond donors (Lipinski definition) is 2. The first kappa shape index (κ1) is 15.9. The van der Waals surface area contributed by atoms with Gasteiger partial charge in [-0.1, -0.05) is 26.7 Å². The Morgan fingerprint density at radius 3 is 2.06 bits per heavy atom. The molecular weight excluding hydrogens is 200 g/mol. The van der Waals surface area contributed by atoms with Gasteiger partial charge in [-0.25, -0.2) is 0 Å². The lowest BCUT2D eigenvalue weighted by atomic mass is 10.2. The van der Waals surface area contributed by atoms with E-state index < -0.39 is 0 Å². The van der Waals surface area contributed by atoms with Crippen LogP contribution in [0.4, 0.5) is 0 Å². The average molecular weight is 230 g/mol. The Balaban J connectivity index is 3.94. The van der Waals surface area contributed by atoms with Crippen molar-refractivity contribution in [2.75, 3.05) is 33.3 Å². The molecule has 0 aromatic heterocycles. The zero-order valence-electron chi connectivity index (χ0n) is 11.3. The van der Waals surface area contributed by atoms with Crippen LogP contribution in [-0.2, 0) is 0 Å². The summed E-state index contributed by atoms with van der Waals surface area (Å²) in [6.07, 6.45) is 5.92. The van der Waals surface area contributed by atoms with E-state index in [0.29, 0.717) is 6.04 Å². The number of hydrogen-bond acceptors (Lipinski definition) is 3. The molecule has 0 rings (SSSR count). The molecule has 3 heteroatoms. The van der Waals surface area contributed by atoms with Crippen LogP contribution in [0.2, 0.25) is 0 Å². The number of aliphatic hydroxyl groups excluding tert-OH is 1. The zero-order valence-corrected chi connectivity index (χ0v) is 11.3. The van der Waals surface area contributed by atoms with Gasteiger partial charge in [0.1, 0.15) is 0 Å². The molecule has 16 heavy (non-hydrogen) atoms. The van der Waals surface area contributed by atoms with Crippen molar-refractivity contribution in [3.63, 3.8) is 0 Å². The molecule has 0 spiro atoms. The zero-order chi connectivity index (χ0) is 12.2. The second-order valence-electron chi connectivity index (χ2n) is 4.51. The second kappa shape index (κ2) is 11.4. The Kier molecular flexibility index (Phi) is 11.3. The molecule has 0 aromatic rings. The molecule has 98 valence electrons. The SMILES string of the molecule is CCCCN(CCCC)CC(CCO)NC. The number of aliphatic hydroxyl groups is 1. The number of likely N-dealkylation sites (N-methyl/N-ethyl adjacent to an activating group) is 1. The summed E-state index contributed by atoms with van der Waals surface area (Å²) in [6.45, 7) is 8.21. The highest BCUT2D eigenvalue weighted by molar-refractivity contribution is 4.70. The predicted octanol–water partition coefficient (Wildman–Crippen LogP) is 1.86. The third-order valence-corrected chi connectivity index (χ3v) is 3.02. The van der Waals surface area contributed by atoms with E-state index in [2.05, 4.69) is 24.1 Å². The van der Waals surface area contributed by atoms with E-state index >= 15 is 0 Å². The molecule has 3 nitrogen and oxygen atoms in total. The molecule has 1 atom stereocenters. The molecule has 2 N–H and O–H groups in total. The van der Waals surface area contributed by atoms with Crippen LogP contribution in [-0.4, -0.2) is 49.3 Å². The van der Waals surface area contributed by atoms with Crippen LogP contribution in [0.3, 0.4) is 0 Å². The van der Waals surface area contributed by atoms with Gasteiger partial charge in [-0.15, -0.1) is 0 Å². The quantitative estimate of drug-likeness (QED) is 0.569.